The van der Waals surface area contributed by atoms with Gasteiger partial charge in [-0.2, -0.15) is 5.10 Å². The summed E-state index contributed by atoms with van der Waals surface area (Å²) in [6, 6.07) is 0. The van der Waals surface area contributed by atoms with Crippen LogP contribution in [0.5, 0.6) is 0 Å². The Labute approximate surface area is 115 Å². The topological polar surface area (TPSA) is 48.3 Å². The van der Waals surface area contributed by atoms with Crippen molar-refractivity contribution in [1.82, 2.24) is 15.1 Å². The summed E-state index contributed by atoms with van der Waals surface area (Å²) >= 11 is 0. The Balaban J connectivity index is 1.76. The van der Waals surface area contributed by atoms with Crippen molar-refractivity contribution in [3.8, 4) is 0 Å². The van der Waals surface area contributed by atoms with Crippen LogP contribution in [0.25, 0.3) is 0 Å². The van der Waals surface area contributed by atoms with Gasteiger partial charge in [-0.25, -0.2) is 0 Å². The Morgan fingerprint density at radius 3 is 3.21 bits per heavy atom. The van der Waals surface area contributed by atoms with Crippen molar-refractivity contribution < 1.29 is 9.47 Å². The largest absolute Gasteiger partial charge is 0.383 e. The number of rotatable bonds is 8. The molecule has 108 valence electrons. The zero-order chi connectivity index (χ0) is 13.5. The number of methoxy groups -OCH3 is 1. The van der Waals surface area contributed by atoms with E-state index in [1.165, 1.54) is 24.1 Å². The SMILES string of the molecule is COCCNCc1cnn(CCC2CCCO2)c1C. The lowest BCUT2D eigenvalue weighted by Gasteiger charge is -2.10. The highest BCUT2D eigenvalue weighted by molar-refractivity contribution is 5.15. The van der Waals surface area contributed by atoms with E-state index in [9.17, 15) is 0 Å². The first-order chi connectivity index (χ1) is 9.31. The molecule has 0 amide bonds. The quantitative estimate of drug-likeness (QED) is 0.725. The molecule has 0 aromatic carbocycles. The van der Waals surface area contributed by atoms with Crippen molar-refractivity contribution >= 4 is 0 Å². The fourth-order valence-electron chi connectivity index (χ4n) is 2.42. The predicted molar refractivity (Wildman–Crippen MR) is 74.1 cm³/mol. The summed E-state index contributed by atoms with van der Waals surface area (Å²) in [6.07, 6.45) is 5.87. The molecule has 1 aromatic heterocycles. The minimum Gasteiger partial charge on any atom is -0.383 e. The van der Waals surface area contributed by atoms with Crippen LogP contribution in [0, 0.1) is 6.92 Å². The summed E-state index contributed by atoms with van der Waals surface area (Å²) in [5, 5.41) is 7.82. The van der Waals surface area contributed by atoms with Crippen LogP contribution in [-0.4, -0.2) is 42.8 Å². The number of aryl methyl sites for hydroxylation is 1. The fraction of sp³-hybridized carbons (Fsp3) is 0.786. The molecule has 0 bridgehead atoms. The lowest BCUT2D eigenvalue weighted by molar-refractivity contribution is 0.0993. The number of nitrogens with one attached hydrogen (secondary N) is 1. The third-order valence-corrected chi connectivity index (χ3v) is 3.69. The van der Waals surface area contributed by atoms with Gasteiger partial charge in [-0.3, -0.25) is 4.68 Å². The molecular weight excluding hydrogens is 242 g/mol. The van der Waals surface area contributed by atoms with Gasteiger partial charge in [0.2, 0.25) is 0 Å². The molecule has 1 N–H and O–H groups in total. The van der Waals surface area contributed by atoms with Crippen molar-refractivity contribution in [2.75, 3.05) is 26.9 Å². The number of nitrogens with zero attached hydrogens (tertiary/aromatic N) is 2. The lowest BCUT2D eigenvalue weighted by atomic mass is 10.2. The Bertz CT molecular complexity index is 373. The first-order valence-corrected chi connectivity index (χ1v) is 7.14. The van der Waals surface area contributed by atoms with Crippen LogP contribution in [0.3, 0.4) is 0 Å². The van der Waals surface area contributed by atoms with E-state index in [-0.39, 0.29) is 0 Å². The van der Waals surface area contributed by atoms with Crippen molar-refractivity contribution in [2.24, 2.45) is 0 Å². The van der Waals surface area contributed by atoms with E-state index in [0.29, 0.717) is 6.10 Å². The second-order valence-electron chi connectivity index (χ2n) is 5.07. The van der Waals surface area contributed by atoms with Gasteiger partial charge in [-0.15, -0.1) is 0 Å². The number of hydrogen-bond donors (Lipinski definition) is 1. The van der Waals surface area contributed by atoms with E-state index in [1.54, 1.807) is 7.11 Å². The Kier molecular flexibility index (Phi) is 5.82. The average Bonchev–Trinajstić information content (AvgIpc) is 3.04. The molecule has 0 saturated carbocycles. The fourth-order valence-corrected chi connectivity index (χ4v) is 2.42. The molecule has 0 spiro atoms. The average molecular weight is 267 g/mol. The van der Waals surface area contributed by atoms with Crippen molar-refractivity contribution in [3.05, 3.63) is 17.5 Å². The normalized spacial score (nSPS) is 19.2. The predicted octanol–water partition coefficient (Wildman–Crippen LogP) is 1.50. The third kappa shape index (κ3) is 4.30. The van der Waals surface area contributed by atoms with E-state index in [1.807, 2.05) is 6.20 Å². The van der Waals surface area contributed by atoms with Crippen LogP contribution >= 0.6 is 0 Å². The zero-order valence-corrected chi connectivity index (χ0v) is 12.0. The molecule has 1 fully saturated rings. The second kappa shape index (κ2) is 7.62. The molecular formula is C14H25N3O2. The summed E-state index contributed by atoms with van der Waals surface area (Å²) in [5.41, 5.74) is 2.52. The van der Waals surface area contributed by atoms with Gasteiger partial charge < -0.3 is 14.8 Å². The van der Waals surface area contributed by atoms with Gasteiger partial charge in [-0.05, 0) is 26.2 Å². The van der Waals surface area contributed by atoms with Gasteiger partial charge >= 0.3 is 0 Å². The van der Waals surface area contributed by atoms with Crippen LogP contribution < -0.4 is 5.32 Å². The lowest BCUT2D eigenvalue weighted by Crippen LogP contribution is -2.19. The Morgan fingerprint density at radius 2 is 2.47 bits per heavy atom. The Morgan fingerprint density at radius 1 is 1.58 bits per heavy atom. The van der Waals surface area contributed by atoms with Gasteiger partial charge in [0, 0.05) is 44.6 Å². The van der Waals surface area contributed by atoms with E-state index >= 15 is 0 Å². The van der Waals surface area contributed by atoms with Crippen molar-refractivity contribution in [3.63, 3.8) is 0 Å². The zero-order valence-electron chi connectivity index (χ0n) is 12.0. The molecule has 19 heavy (non-hydrogen) atoms. The molecule has 1 unspecified atom stereocenters. The molecule has 1 aromatic rings. The molecule has 0 aliphatic carbocycles. The van der Waals surface area contributed by atoms with Crippen LogP contribution in [0.4, 0.5) is 0 Å². The molecule has 1 aliphatic rings. The van der Waals surface area contributed by atoms with Gasteiger partial charge in [0.25, 0.3) is 0 Å². The first-order valence-electron chi connectivity index (χ1n) is 7.14. The maximum Gasteiger partial charge on any atom is 0.0593 e. The minimum absolute atomic E-state index is 0.437. The smallest absolute Gasteiger partial charge is 0.0593 e. The maximum atomic E-state index is 5.65. The van der Waals surface area contributed by atoms with Crippen molar-refractivity contribution in [2.45, 2.75) is 45.4 Å². The molecule has 0 radical (unpaired) electrons. The molecule has 1 atom stereocenters. The van der Waals surface area contributed by atoms with Gasteiger partial charge in [0.1, 0.15) is 0 Å². The molecule has 5 heteroatoms. The van der Waals surface area contributed by atoms with E-state index in [0.717, 1.165) is 39.3 Å². The van der Waals surface area contributed by atoms with Crippen LogP contribution in [0.15, 0.2) is 6.20 Å². The second-order valence-corrected chi connectivity index (χ2v) is 5.07. The highest BCUT2D eigenvalue weighted by Crippen LogP contribution is 2.17. The van der Waals surface area contributed by atoms with Gasteiger partial charge in [0.15, 0.2) is 0 Å². The number of hydrogen-bond acceptors (Lipinski definition) is 4. The molecule has 1 saturated heterocycles. The van der Waals surface area contributed by atoms with Crippen LogP contribution in [0.2, 0.25) is 0 Å². The third-order valence-electron chi connectivity index (χ3n) is 3.69. The maximum absolute atomic E-state index is 5.65. The van der Waals surface area contributed by atoms with Crippen LogP contribution in [-0.2, 0) is 22.6 Å². The van der Waals surface area contributed by atoms with Crippen LogP contribution in [0.1, 0.15) is 30.5 Å². The highest BCUT2D eigenvalue weighted by Gasteiger charge is 2.16. The molecule has 1 aliphatic heterocycles. The van der Waals surface area contributed by atoms with E-state index in [2.05, 4.69) is 22.0 Å². The Hall–Kier alpha value is -0.910. The molecule has 2 heterocycles. The summed E-state index contributed by atoms with van der Waals surface area (Å²) in [6.45, 7) is 6.49. The summed E-state index contributed by atoms with van der Waals surface area (Å²) in [4.78, 5) is 0. The monoisotopic (exact) mass is 267 g/mol. The van der Waals surface area contributed by atoms with Gasteiger partial charge in [0.05, 0.1) is 18.9 Å². The van der Waals surface area contributed by atoms with Gasteiger partial charge in [-0.1, -0.05) is 0 Å². The highest BCUT2D eigenvalue weighted by atomic mass is 16.5. The van der Waals surface area contributed by atoms with E-state index in [4.69, 9.17) is 9.47 Å². The number of aromatic nitrogens is 2. The molecule has 2 rings (SSSR count). The first kappa shape index (κ1) is 14.5. The summed E-state index contributed by atoms with van der Waals surface area (Å²) in [7, 11) is 1.72. The van der Waals surface area contributed by atoms with Crippen molar-refractivity contribution in [1.29, 1.82) is 0 Å². The summed E-state index contributed by atoms with van der Waals surface area (Å²) in [5.74, 6) is 0. The standard InChI is InChI=1S/C14H25N3O2/c1-12-13(10-15-6-9-18-2)11-16-17(12)7-5-14-4-3-8-19-14/h11,14-15H,3-10H2,1-2H3. The minimum atomic E-state index is 0.437. The number of ether oxygens (including phenoxy) is 2. The van der Waals surface area contributed by atoms with E-state index < -0.39 is 0 Å². The summed E-state index contributed by atoms with van der Waals surface area (Å²) < 4.78 is 12.8. The molecule has 5 nitrogen and oxygen atoms in total.